The molecule has 1 saturated heterocycles. The van der Waals surface area contributed by atoms with Crippen LogP contribution in [0.1, 0.15) is 33.6 Å². The Labute approximate surface area is 81.2 Å². The maximum atomic E-state index is 5.94. The van der Waals surface area contributed by atoms with Gasteiger partial charge in [-0.1, -0.05) is 25.5 Å². The van der Waals surface area contributed by atoms with E-state index in [1.54, 1.807) is 5.57 Å². The Balaban J connectivity index is 2.16. The van der Waals surface area contributed by atoms with E-state index in [0.717, 1.165) is 12.5 Å². The van der Waals surface area contributed by atoms with Gasteiger partial charge in [-0.2, -0.15) is 0 Å². The minimum atomic E-state index is 0.479. The lowest BCUT2D eigenvalue weighted by Gasteiger charge is -2.41. The summed E-state index contributed by atoms with van der Waals surface area (Å²) in [5.41, 5.74) is 1.56. The van der Waals surface area contributed by atoms with Gasteiger partial charge in [0.15, 0.2) is 0 Å². The predicted octanol–water partition coefficient (Wildman–Crippen LogP) is 3.01. The maximum absolute atomic E-state index is 5.94. The van der Waals surface area contributed by atoms with E-state index in [1.807, 2.05) is 0 Å². The molecule has 2 bridgehead atoms. The monoisotopic (exact) mass is 180 g/mol. The summed E-state index contributed by atoms with van der Waals surface area (Å²) in [5.74, 6) is 2.18. The number of allylic oxidation sites excluding steroid dienone is 1. The molecule has 0 amide bonds. The highest BCUT2D eigenvalue weighted by atomic mass is 16.5. The van der Waals surface area contributed by atoms with Crippen LogP contribution in [0.5, 0.6) is 0 Å². The van der Waals surface area contributed by atoms with Gasteiger partial charge in [-0.3, -0.25) is 0 Å². The highest BCUT2D eigenvalue weighted by Gasteiger charge is 2.35. The second-order valence-corrected chi connectivity index (χ2v) is 4.93. The Morgan fingerprint density at radius 1 is 1.46 bits per heavy atom. The van der Waals surface area contributed by atoms with Crippen molar-refractivity contribution >= 4 is 0 Å². The van der Waals surface area contributed by atoms with Gasteiger partial charge in [0.25, 0.3) is 0 Å². The molecule has 13 heavy (non-hydrogen) atoms. The smallest absolute Gasteiger partial charge is 0.0663 e. The van der Waals surface area contributed by atoms with Crippen molar-refractivity contribution in [3.63, 3.8) is 0 Å². The molecule has 1 heterocycles. The molecule has 1 aliphatic carbocycles. The molecule has 3 atom stereocenters. The fourth-order valence-corrected chi connectivity index (χ4v) is 2.69. The molecule has 0 spiro atoms. The second-order valence-electron chi connectivity index (χ2n) is 4.93. The molecule has 0 saturated carbocycles. The molecule has 0 aromatic carbocycles. The van der Waals surface area contributed by atoms with Crippen molar-refractivity contribution in [2.45, 2.75) is 39.7 Å². The number of hydrogen-bond acceptors (Lipinski definition) is 1. The molecule has 1 fully saturated rings. The Bertz CT molecular complexity index is 217. The maximum Gasteiger partial charge on any atom is 0.0663 e. The van der Waals surface area contributed by atoms with Crippen molar-refractivity contribution in [3.05, 3.63) is 11.6 Å². The fraction of sp³-hybridized carbons (Fsp3) is 0.833. The third kappa shape index (κ3) is 1.67. The summed E-state index contributed by atoms with van der Waals surface area (Å²) in [5, 5.41) is 0. The van der Waals surface area contributed by atoms with Crippen LogP contribution < -0.4 is 0 Å². The normalized spacial score (nSPS) is 39.1. The highest BCUT2D eigenvalue weighted by Crippen LogP contribution is 2.39. The molecule has 1 heteroatoms. The SMILES string of the molecule is CC1=CC[C@@H]2CO[C@@H](C(C)C)[C@H]1C2. The van der Waals surface area contributed by atoms with E-state index in [2.05, 4.69) is 26.8 Å². The van der Waals surface area contributed by atoms with E-state index in [1.165, 1.54) is 12.8 Å². The van der Waals surface area contributed by atoms with Crippen LogP contribution in [0.25, 0.3) is 0 Å². The van der Waals surface area contributed by atoms with Crippen LogP contribution in [-0.4, -0.2) is 12.7 Å². The Morgan fingerprint density at radius 3 is 2.92 bits per heavy atom. The first-order chi connectivity index (χ1) is 6.18. The third-order valence-electron chi connectivity index (χ3n) is 3.52. The highest BCUT2D eigenvalue weighted by molar-refractivity contribution is 5.12. The molecular weight excluding hydrogens is 160 g/mol. The minimum Gasteiger partial charge on any atom is -0.377 e. The van der Waals surface area contributed by atoms with Gasteiger partial charge in [-0.15, -0.1) is 0 Å². The topological polar surface area (TPSA) is 9.23 Å². The van der Waals surface area contributed by atoms with Gasteiger partial charge in [0.2, 0.25) is 0 Å². The molecule has 1 nitrogen and oxygen atoms in total. The summed E-state index contributed by atoms with van der Waals surface area (Å²) >= 11 is 0. The third-order valence-corrected chi connectivity index (χ3v) is 3.52. The van der Waals surface area contributed by atoms with Gasteiger partial charge in [-0.25, -0.2) is 0 Å². The summed E-state index contributed by atoms with van der Waals surface area (Å²) in [6.45, 7) is 7.80. The zero-order chi connectivity index (χ0) is 9.42. The van der Waals surface area contributed by atoms with Gasteiger partial charge >= 0.3 is 0 Å². The quantitative estimate of drug-likeness (QED) is 0.564. The number of rotatable bonds is 1. The summed E-state index contributed by atoms with van der Waals surface area (Å²) < 4.78 is 5.94. The molecule has 1 aliphatic heterocycles. The van der Waals surface area contributed by atoms with Gasteiger partial charge < -0.3 is 4.74 Å². The van der Waals surface area contributed by atoms with Gasteiger partial charge in [0.1, 0.15) is 0 Å². The van der Waals surface area contributed by atoms with Crippen LogP contribution in [0.2, 0.25) is 0 Å². The minimum absolute atomic E-state index is 0.479. The van der Waals surface area contributed by atoms with Gasteiger partial charge in [-0.05, 0) is 31.6 Å². The first kappa shape index (κ1) is 9.26. The average molecular weight is 180 g/mol. The molecule has 0 unspecified atom stereocenters. The standard InChI is InChI=1S/C12H20O/c1-8(2)12-11-6-10(7-13-12)5-4-9(11)3/h4,8,10-12H,5-7H2,1-3H3/t10-,11-,12-/m0/s1. The van der Waals surface area contributed by atoms with Crippen molar-refractivity contribution in [3.8, 4) is 0 Å². The number of hydrogen-bond donors (Lipinski definition) is 0. The van der Waals surface area contributed by atoms with Crippen molar-refractivity contribution in [1.82, 2.24) is 0 Å². The van der Waals surface area contributed by atoms with Crippen molar-refractivity contribution in [1.29, 1.82) is 0 Å². The first-order valence-corrected chi connectivity index (χ1v) is 5.46. The fourth-order valence-electron chi connectivity index (χ4n) is 2.69. The van der Waals surface area contributed by atoms with Crippen LogP contribution in [0, 0.1) is 17.8 Å². The summed E-state index contributed by atoms with van der Waals surface area (Å²) in [6.07, 6.45) is 5.52. The summed E-state index contributed by atoms with van der Waals surface area (Å²) in [7, 11) is 0. The van der Waals surface area contributed by atoms with Crippen molar-refractivity contribution in [2.24, 2.45) is 17.8 Å². The van der Waals surface area contributed by atoms with E-state index >= 15 is 0 Å². The average Bonchev–Trinajstić information content (AvgIpc) is 2.12. The van der Waals surface area contributed by atoms with Gasteiger partial charge in [0.05, 0.1) is 12.7 Å². The summed E-state index contributed by atoms with van der Waals surface area (Å²) in [6, 6.07) is 0. The Hall–Kier alpha value is -0.300. The molecular formula is C12H20O. The van der Waals surface area contributed by atoms with Crippen molar-refractivity contribution < 1.29 is 4.74 Å². The van der Waals surface area contributed by atoms with Crippen LogP contribution in [0.3, 0.4) is 0 Å². The molecule has 0 aromatic rings. The first-order valence-electron chi connectivity index (χ1n) is 5.46. The molecule has 0 aromatic heterocycles. The van der Waals surface area contributed by atoms with Gasteiger partial charge in [0, 0.05) is 5.92 Å². The second kappa shape index (κ2) is 3.45. The Kier molecular flexibility index (Phi) is 2.46. The molecule has 0 radical (unpaired) electrons. The van der Waals surface area contributed by atoms with Crippen LogP contribution in [0.15, 0.2) is 11.6 Å². The number of ether oxygens (including phenoxy) is 1. The lowest BCUT2D eigenvalue weighted by molar-refractivity contribution is -0.0716. The van der Waals surface area contributed by atoms with Crippen LogP contribution in [-0.2, 0) is 4.74 Å². The predicted molar refractivity (Wildman–Crippen MR) is 54.5 cm³/mol. The molecule has 74 valence electrons. The van der Waals surface area contributed by atoms with Crippen LogP contribution >= 0.6 is 0 Å². The zero-order valence-electron chi connectivity index (χ0n) is 8.92. The lowest BCUT2D eigenvalue weighted by atomic mass is 9.74. The lowest BCUT2D eigenvalue weighted by Crippen LogP contribution is -2.40. The number of fused-ring (bicyclic) bond motifs is 2. The van der Waals surface area contributed by atoms with Crippen molar-refractivity contribution in [2.75, 3.05) is 6.61 Å². The summed E-state index contributed by atoms with van der Waals surface area (Å²) in [4.78, 5) is 0. The van der Waals surface area contributed by atoms with E-state index in [0.29, 0.717) is 17.9 Å². The molecule has 0 N–H and O–H groups in total. The Morgan fingerprint density at radius 2 is 2.23 bits per heavy atom. The van der Waals surface area contributed by atoms with E-state index in [4.69, 9.17) is 4.74 Å². The van der Waals surface area contributed by atoms with Crippen LogP contribution in [0.4, 0.5) is 0 Å². The zero-order valence-corrected chi connectivity index (χ0v) is 8.92. The van der Waals surface area contributed by atoms with E-state index < -0.39 is 0 Å². The van der Waals surface area contributed by atoms with E-state index in [-0.39, 0.29) is 0 Å². The largest absolute Gasteiger partial charge is 0.377 e. The molecule has 2 aliphatic rings. The molecule has 2 rings (SSSR count). The van der Waals surface area contributed by atoms with E-state index in [9.17, 15) is 0 Å².